The number of aromatic nitrogens is 1. The molecule has 27 heavy (non-hydrogen) atoms. The van der Waals surface area contributed by atoms with E-state index in [9.17, 15) is 13.2 Å². The van der Waals surface area contributed by atoms with Crippen LogP contribution in [0.5, 0.6) is 0 Å². The van der Waals surface area contributed by atoms with Gasteiger partial charge in [-0.1, -0.05) is 29.8 Å². The minimum atomic E-state index is -3.74. The smallest absolute Gasteiger partial charge is 0.293 e. The number of carbonyl (C=O) groups is 1. The molecule has 1 aromatic carbocycles. The number of benzene rings is 1. The molecule has 10 heteroatoms. The number of rotatable bonds is 6. The summed E-state index contributed by atoms with van der Waals surface area (Å²) < 4.78 is 30.6. The third kappa shape index (κ3) is 4.38. The zero-order valence-corrected chi connectivity index (χ0v) is 16.8. The molecule has 0 fully saturated rings. The molecule has 0 bridgehead atoms. The Labute approximate surface area is 165 Å². The molecule has 0 saturated heterocycles. The van der Waals surface area contributed by atoms with Crippen molar-refractivity contribution >= 4 is 44.0 Å². The summed E-state index contributed by atoms with van der Waals surface area (Å²) in [7, 11) is -2.48. The first kappa shape index (κ1) is 19.6. The molecule has 2 heterocycles. The van der Waals surface area contributed by atoms with Crippen molar-refractivity contribution in [3.63, 3.8) is 0 Å². The highest BCUT2D eigenvalue weighted by molar-refractivity contribution is 7.89. The number of amides is 1. The van der Waals surface area contributed by atoms with E-state index >= 15 is 0 Å². The van der Waals surface area contributed by atoms with Gasteiger partial charge in [-0.2, -0.15) is 0 Å². The van der Waals surface area contributed by atoms with Gasteiger partial charge in [0.25, 0.3) is 15.9 Å². The van der Waals surface area contributed by atoms with E-state index in [1.165, 1.54) is 30.5 Å². The molecule has 0 aliphatic carbocycles. The average Bonchev–Trinajstić information content (AvgIpc) is 3.29. The Morgan fingerprint density at radius 1 is 1.30 bits per heavy atom. The molecule has 1 amide bonds. The highest BCUT2D eigenvalue weighted by atomic mass is 35.5. The van der Waals surface area contributed by atoms with Crippen LogP contribution in [0.4, 0.5) is 5.13 Å². The molecule has 0 aliphatic rings. The monoisotopic (exact) mass is 425 g/mol. The van der Waals surface area contributed by atoms with E-state index in [1.54, 1.807) is 6.20 Å². The molecule has 7 nitrogen and oxygen atoms in total. The number of halogens is 1. The van der Waals surface area contributed by atoms with Crippen molar-refractivity contribution in [1.29, 1.82) is 0 Å². The first-order valence-corrected chi connectivity index (χ1v) is 10.5. The van der Waals surface area contributed by atoms with Gasteiger partial charge in [0.2, 0.25) is 5.09 Å². The van der Waals surface area contributed by atoms with Crippen LogP contribution < -0.4 is 10.0 Å². The van der Waals surface area contributed by atoms with Crippen molar-refractivity contribution in [2.75, 3.05) is 12.4 Å². The Morgan fingerprint density at radius 3 is 2.81 bits per heavy atom. The highest BCUT2D eigenvalue weighted by Crippen LogP contribution is 2.27. The Balaban J connectivity index is 1.70. The fourth-order valence-corrected chi connectivity index (χ4v) is 4.00. The van der Waals surface area contributed by atoms with Crippen molar-refractivity contribution in [1.82, 2.24) is 9.71 Å². The van der Waals surface area contributed by atoms with E-state index in [1.807, 2.05) is 25.1 Å². The van der Waals surface area contributed by atoms with Gasteiger partial charge < -0.3 is 4.42 Å². The number of aryl methyl sites for hydroxylation is 1. The van der Waals surface area contributed by atoms with E-state index in [-0.39, 0.29) is 10.9 Å². The van der Waals surface area contributed by atoms with Gasteiger partial charge >= 0.3 is 0 Å². The number of nitrogens with zero attached hydrogens (tertiary/aromatic N) is 1. The van der Waals surface area contributed by atoms with E-state index in [0.717, 1.165) is 16.0 Å². The molecular weight excluding hydrogens is 410 g/mol. The highest BCUT2D eigenvalue weighted by Gasteiger charge is 2.20. The van der Waals surface area contributed by atoms with Crippen molar-refractivity contribution in [3.05, 3.63) is 63.3 Å². The number of thiazole rings is 1. The predicted octanol–water partition coefficient (Wildman–Crippen LogP) is 3.45. The van der Waals surface area contributed by atoms with Crippen molar-refractivity contribution in [2.45, 2.75) is 18.4 Å². The van der Waals surface area contributed by atoms with Crippen LogP contribution >= 0.6 is 22.9 Å². The lowest BCUT2D eigenvalue weighted by Gasteiger charge is -2.04. The molecule has 3 rings (SSSR count). The van der Waals surface area contributed by atoms with Crippen molar-refractivity contribution in [3.8, 4) is 0 Å². The predicted molar refractivity (Wildman–Crippen MR) is 104 cm³/mol. The van der Waals surface area contributed by atoms with Crippen molar-refractivity contribution in [2.24, 2.45) is 0 Å². The minimum Gasteiger partial charge on any atom is -0.438 e. The minimum absolute atomic E-state index is 0.123. The van der Waals surface area contributed by atoms with Gasteiger partial charge in [0.15, 0.2) is 10.9 Å². The normalized spacial score (nSPS) is 11.5. The molecule has 3 aromatic rings. The number of carbonyl (C=O) groups excluding carboxylic acids is 1. The van der Waals surface area contributed by atoms with Crippen LogP contribution in [-0.4, -0.2) is 26.4 Å². The van der Waals surface area contributed by atoms with E-state index < -0.39 is 15.9 Å². The summed E-state index contributed by atoms with van der Waals surface area (Å²) in [5, 5.41) is 3.37. The van der Waals surface area contributed by atoms with Crippen LogP contribution in [-0.2, 0) is 16.4 Å². The van der Waals surface area contributed by atoms with Gasteiger partial charge in [-0.3, -0.25) is 10.1 Å². The molecule has 2 aromatic heterocycles. The van der Waals surface area contributed by atoms with E-state index in [4.69, 9.17) is 16.0 Å². The van der Waals surface area contributed by atoms with Gasteiger partial charge in [-0.05, 0) is 37.2 Å². The summed E-state index contributed by atoms with van der Waals surface area (Å²) in [6.07, 6.45) is 2.26. The van der Waals surface area contributed by atoms with Gasteiger partial charge in [-0.15, -0.1) is 11.3 Å². The summed E-state index contributed by atoms with van der Waals surface area (Å²) in [5.41, 5.74) is 1.98. The maximum Gasteiger partial charge on any atom is 0.293 e. The molecule has 0 radical (unpaired) electrons. The van der Waals surface area contributed by atoms with Crippen LogP contribution in [0.25, 0.3) is 0 Å². The first-order chi connectivity index (χ1) is 12.8. The maximum absolute atomic E-state index is 12.2. The first-order valence-electron chi connectivity index (χ1n) is 7.83. The SMILES string of the molecule is CNS(=O)(=O)c1ccc(C(=O)Nc2ncc(Cc3cccc(C)c3Cl)s2)o1. The molecule has 142 valence electrons. The Kier molecular flexibility index (Phi) is 5.66. The summed E-state index contributed by atoms with van der Waals surface area (Å²) in [4.78, 5) is 17.3. The average molecular weight is 426 g/mol. The second-order valence-corrected chi connectivity index (χ2v) is 8.95. The lowest BCUT2D eigenvalue weighted by molar-refractivity contribution is 0.0991. The fraction of sp³-hybridized carbons (Fsp3) is 0.176. The van der Waals surface area contributed by atoms with Crippen LogP contribution in [0, 0.1) is 6.92 Å². The number of hydrogen-bond donors (Lipinski definition) is 2. The Morgan fingerprint density at radius 2 is 2.07 bits per heavy atom. The number of furan rings is 1. The van der Waals surface area contributed by atoms with Gasteiger partial charge in [0.05, 0.1) is 0 Å². The largest absolute Gasteiger partial charge is 0.438 e. The van der Waals surface area contributed by atoms with E-state index in [0.29, 0.717) is 16.6 Å². The molecule has 0 saturated carbocycles. The van der Waals surface area contributed by atoms with Crippen molar-refractivity contribution < 1.29 is 17.6 Å². The Bertz CT molecular complexity index is 1090. The van der Waals surface area contributed by atoms with Gasteiger partial charge in [0.1, 0.15) is 0 Å². The third-order valence-electron chi connectivity index (χ3n) is 3.75. The van der Waals surface area contributed by atoms with E-state index in [2.05, 4.69) is 15.0 Å². The third-order valence-corrected chi connectivity index (χ3v) is 6.49. The number of nitrogens with one attached hydrogen (secondary N) is 2. The molecule has 2 N–H and O–H groups in total. The second-order valence-electron chi connectivity index (χ2n) is 5.64. The molecule has 0 unspecified atom stereocenters. The zero-order valence-electron chi connectivity index (χ0n) is 14.4. The number of sulfonamides is 1. The summed E-state index contributed by atoms with van der Waals surface area (Å²) in [5.74, 6) is -0.704. The maximum atomic E-state index is 12.2. The standard InChI is InChI=1S/C17H16ClN3O4S2/c1-10-4-3-5-11(15(10)18)8-12-9-20-17(26-12)21-16(22)13-6-7-14(25-13)27(23,24)19-2/h3-7,9,19H,8H2,1-2H3,(H,20,21,22). The number of anilines is 1. The quantitative estimate of drug-likeness (QED) is 0.629. The van der Waals surface area contributed by atoms with Crippen LogP contribution in [0.1, 0.15) is 26.6 Å². The van der Waals surface area contributed by atoms with Gasteiger partial charge in [0, 0.05) is 22.5 Å². The molecular formula is C17H16ClN3O4S2. The molecule has 0 spiro atoms. The van der Waals surface area contributed by atoms with Gasteiger partial charge in [-0.25, -0.2) is 18.1 Å². The zero-order chi connectivity index (χ0) is 19.6. The summed E-state index contributed by atoms with van der Waals surface area (Å²) in [6.45, 7) is 1.94. The summed E-state index contributed by atoms with van der Waals surface area (Å²) >= 11 is 7.62. The van der Waals surface area contributed by atoms with Crippen LogP contribution in [0.15, 0.2) is 46.0 Å². The topological polar surface area (TPSA) is 101 Å². The molecule has 0 atom stereocenters. The lowest BCUT2D eigenvalue weighted by atomic mass is 10.1. The van der Waals surface area contributed by atoms with Crippen LogP contribution in [0.3, 0.4) is 0 Å². The fourth-order valence-electron chi connectivity index (χ4n) is 2.33. The Hall–Kier alpha value is -2.20. The van der Waals surface area contributed by atoms with Crippen LogP contribution in [0.2, 0.25) is 5.02 Å². The molecule has 0 aliphatic heterocycles. The lowest BCUT2D eigenvalue weighted by Crippen LogP contribution is -2.18. The second kappa shape index (κ2) is 7.81. The number of hydrogen-bond acceptors (Lipinski definition) is 6. The summed E-state index contributed by atoms with van der Waals surface area (Å²) in [6, 6.07) is 8.33.